The summed E-state index contributed by atoms with van der Waals surface area (Å²) in [5, 5.41) is 4.79. The molecule has 0 fully saturated rings. The van der Waals surface area contributed by atoms with Crippen LogP contribution in [0.1, 0.15) is 38.5 Å². The zero-order valence-corrected chi connectivity index (χ0v) is 14.5. The summed E-state index contributed by atoms with van der Waals surface area (Å²) in [4.78, 5) is 1.48. The van der Waals surface area contributed by atoms with Gasteiger partial charge in [-0.25, -0.2) is 8.42 Å². The Morgan fingerprint density at radius 1 is 1.30 bits per heavy atom. The number of nitrogens with one attached hydrogen (secondary N) is 1. The monoisotopic (exact) mass is 318 g/mol. The molecule has 116 valence electrons. The number of sulfonamides is 1. The molecule has 20 heavy (non-hydrogen) atoms. The Labute approximate surface area is 127 Å². The van der Waals surface area contributed by atoms with E-state index >= 15 is 0 Å². The molecular formula is C14H26N2O2S2. The van der Waals surface area contributed by atoms with Gasteiger partial charge in [0.15, 0.2) is 0 Å². The fraction of sp³-hybridized carbons (Fsp3) is 0.714. The Morgan fingerprint density at radius 3 is 2.45 bits per heavy atom. The SMILES string of the molecule is CCC(CC)CN(CC)S(=O)(=O)c1csc(CNC)c1. The van der Waals surface area contributed by atoms with Gasteiger partial charge in [-0.3, -0.25) is 0 Å². The molecule has 0 saturated heterocycles. The smallest absolute Gasteiger partial charge is 0.243 e. The third kappa shape index (κ3) is 4.28. The summed E-state index contributed by atoms with van der Waals surface area (Å²) in [5.41, 5.74) is 0. The highest BCUT2D eigenvalue weighted by atomic mass is 32.2. The molecule has 0 spiro atoms. The zero-order chi connectivity index (χ0) is 15.2. The van der Waals surface area contributed by atoms with E-state index in [0.29, 0.717) is 30.4 Å². The Hall–Kier alpha value is -0.430. The lowest BCUT2D eigenvalue weighted by molar-refractivity contribution is 0.339. The molecule has 0 bridgehead atoms. The van der Waals surface area contributed by atoms with Crippen molar-refractivity contribution in [3.8, 4) is 0 Å². The van der Waals surface area contributed by atoms with Gasteiger partial charge in [-0.2, -0.15) is 4.31 Å². The molecule has 0 aliphatic carbocycles. The third-order valence-electron chi connectivity index (χ3n) is 3.59. The van der Waals surface area contributed by atoms with Crippen molar-refractivity contribution < 1.29 is 8.42 Å². The molecule has 1 rings (SSSR count). The number of hydrogen-bond acceptors (Lipinski definition) is 4. The first-order valence-corrected chi connectivity index (χ1v) is 9.53. The second-order valence-electron chi connectivity index (χ2n) is 4.92. The number of rotatable bonds is 9. The summed E-state index contributed by atoms with van der Waals surface area (Å²) in [5.74, 6) is 0.431. The van der Waals surface area contributed by atoms with Gasteiger partial charge in [0.05, 0.1) is 4.90 Å². The highest BCUT2D eigenvalue weighted by Gasteiger charge is 2.25. The largest absolute Gasteiger partial charge is 0.315 e. The van der Waals surface area contributed by atoms with Crippen LogP contribution in [0.2, 0.25) is 0 Å². The van der Waals surface area contributed by atoms with Crippen LogP contribution >= 0.6 is 11.3 Å². The van der Waals surface area contributed by atoms with Crippen LogP contribution in [0.4, 0.5) is 0 Å². The molecular weight excluding hydrogens is 292 g/mol. The molecule has 0 radical (unpaired) electrons. The Kier molecular flexibility index (Phi) is 7.15. The van der Waals surface area contributed by atoms with Crippen LogP contribution in [-0.4, -0.2) is 32.9 Å². The van der Waals surface area contributed by atoms with E-state index in [1.807, 2.05) is 14.0 Å². The van der Waals surface area contributed by atoms with Gasteiger partial charge >= 0.3 is 0 Å². The van der Waals surface area contributed by atoms with Gasteiger partial charge in [-0.15, -0.1) is 11.3 Å². The maximum atomic E-state index is 12.7. The lowest BCUT2D eigenvalue weighted by Gasteiger charge is -2.24. The van der Waals surface area contributed by atoms with Crippen molar-refractivity contribution in [2.45, 2.75) is 45.1 Å². The first kappa shape index (κ1) is 17.6. The standard InChI is InChI=1S/C14H26N2O2S2/c1-5-12(6-2)10-16(7-3)20(17,18)14-8-13(9-15-4)19-11-14/h8,11-12,15H,5-7,9-10H2,1-4H3. The fourth-order valence-electron chi connectivity index (χ4n) is 2.14. The topological polar surface area (TPSA) is 49.4 Å². The van der Waals surface area contributed by atoms with Crippen molar-refractivity contribution in [2.24, 2.45) is 5.92 Å². The average molecular weight is 319 g/mol. The molecule has 0 aliphatic rings. The summed E-state index contributed by atoms with van der Waals surface area (Å²) in [6, 6.07) is 1.78. The number of nitrogens with zero attached hydrogens (tertiary/aromatic N) is 1. The summed E-state index contributed by atoms with van der Waals surface area (Å²) in [6.07, 6.45) is 2.02. The van der Waals surface area contributed by atoms with Crippen molar-refractivity contribution in [1.82, 2.24) is 9.62 Å². The summed E-state index contributed by atoms with van der Waals surface area (Å²) in [7, 11) is -1.49. The predicted octanol–water partition coefficient (Wildman–Crippen LogP) is 2.91. The van der Waals surface area contributed by atoms with Crippen LogP contribution in [-0.2, 0) is 16.6 Å². The van der Waals surface area contributed by atoms with Crippen LogP contribution in [0.3, 0.4) is 0 Å². The molecule has 0 saturated carbocycles. The van der Waals surface area contributed by atoms with E-state index in [1.54, 1.807) is 15.8 Å². The maximum Gasteiger partial charge on any atom is 0.243 e. The van der Waals surface area contributed by atoms with Crippen LogP contribution in [0, 0.1) is 5.92 Å². The fourth-order valence-corrected chi connectivity index (χ4v) is 4.94. The molecule has 0 unspecified atom stereocenters. The van der Waals surface area contributed by atoms with Gasteiger partial charge in [-0.1, -0.05) is 33.6 Å². The minimum atomic E-state index is -3.35. The van der Waals surface area contributed by atoms with E-state index in [1.165, 1.54) is 11.3 Å². The first-order chi connectivity index (χ1) is 9.49. The van der Waals surface area contributed by atoms with Crippen LogP contribution in [0.25, 0.3) is 0 Å². The summed E-state index contributed by atoms with van der Waals surface area (Å²) in [6.45, 7) is 7.98. The van der Waals surface area contributed by atoms with Crippen molar-refractivity contribution in [1.29, 1.82) is 0 Å². The molecule has 1 N–H and O–H groups in total. The number of thiophene rings is 1. The lowest BCUT2D eigenvalue weighted by Crippen LogP contribution is -2.34. The van der Waals surface area contributed by atoms with Crippen LogP contribution in [0.15, 0.2) is 16.3 Å². The highest BCUT2D eigenvalue weighted by Crippen LogP contribution is 2.24. The van der Waals surface area contributed by atoms with E-state index in [9.17, 15) is 8.42 Å². The van der Waals surface area contributed by atoms with Gasteiger partial charge in [0.2, 0.25) is 10.0 Å². The molecule has 1 aromatic rings. The molecule has 1 aromatic heterocycles. The van der Waals surface area contributed by atoms with Crippen molar-refractivity contribution in [2.75, 3.05) is 20.1 Å². The van der Waals surface area contributed by atoms with Gasteiger partial charge in [0.25, 0.3) is 0 Å². The van der Waals surface area contributed by atoms with Crippen molar-refractivity contribution in [3.05, 3.63) is 16.3 Å². The van der Waals surface area contributed by atoms with Gasteiger partial charge < -0.3 is 5.32 Å². The molecule has 1 heterocycles. The lowest BCUT2D eigenvalue weighted by atomic mass is 10.0. The molecule has 0 amide bonds. The average Bonchev–Trinajstić information content (AvgIpc) is 2.90. The Morgan fingerprint density at radius 2 is 1.95 bits per heavy atom. The Bertz CT molecular complexity index is 493. The minimum Gasteiger partial charge on any atom is -0.315 e. The first-order valence-electron chi connectivity index (χ1n) is 7.21. The van der Waals surface area contributed by atoms with E-state index in [-0.39, 0.29) is 0 Å². The zero-order valence-electron chi connectivity index (χ0n) is 12.8. The van der Waals surface area contributed by atoms with Gasteiger partial charge in [0, 0.05) is 29.9 Å². The summed E-state index contributed by atoms with van der Waals surface area (Å²) < 4.78 is 26.9. The number of hydrogen-bond donors (Lipinski definition) is 1. The maximum absolute atomic E-state index is 12.7. The predicted molar refractivity (Wildman–Crippen MR) is 85.6 cm³/mol. The van der Waals surface area contributed by atoms with E-state index in [0.717, 1.165) is 17.7 Å². The van der Waals surface area contributed by atoms with Crippen LogP contribution < -0.4 is 5.32 Å². The van der Waals surface area contributed by atoms with Crippen LogP contribution in [0.5, 0.6) is 0 Å². The second-order valence-corrected chi connectivity index (χ2v) is 7.85. The highest BCUT2D eigenvalue weighted by molar-refractivity contribution is 7.89. The van der Waals surface area contributed by atoms with E-state index in [4.69, 9.17) is 0 Å². The normalized spacial score (nSPS) is 12.5. The van der Waals surface area contributed by atoms with Crippen molar-refractivity contribution >= 4 is 21.4 Å². The minimum absolute atomic E-state index is 0.431. The van der Waals surface area contributed by atoms with Crippen molar-refractivity contribution in [3.63, 3.8) is 0 Å². The molecule has 0 atom stereocenters. The van der Waals surface area contributed by atoms with E-state index in [2.05, 4.69) is 19.2 Å². The van der Waals surface area contributed by atoms with Gasteiger partial charge in [0.1, 0.15) is 0 Å². The molecule has 0 aromatic carbocycles. The van der Waals surface area contributed by atoms with Gasteiger partial charge in [-0.05, 0) is 19.0 Å². The molecule has 4 nitrogen and oxygen atoms in total. The molecule has 0 aliphatic heterocycles. The second kappa shape index (κ2) is 8.12. The molecule has 6 heteroatoms. The third-order valence-corrected chi connectivity index (χ3v) is 6.59. The van der Waals surface area contributed by atoms with E-state index < -0.39 is 10.0 Å². The Balaban J connectivity index is 2.92. The summed E-state index contributed by atoms with van der Waals surface area (Å²) >= 11 is 1.49. The quantitative estimate of drug-likeness (QED) is 0.761.